The Hall–Kier alpha value is -8.33. The summed E-state index contributed by atoms with van der Waals surface area (Å²) >= 11 is 1.35. The normalized spacial score (nSPS) is 17.5. The fraction of sp³-hybridized carbons (Fsp3) is 0.509. The van der Waals surface area contributed by atoms with Gasteiger partial charge in [-0.1, -0.05) is 82.6 Å². The highest BCUT2D eigenvalue weighted by atomic mass is 32.2. The van der Waals surface area contributed by atoms with E-state index in [2.05, 4.69) is 62.8 Å². The lowest BCUT2D eigenvalue weighted by atomic mass is 10.0. The summed E-state index contributed by atoms with van der Waals surface area (Å²) in [5.74, 6) is -7.97. The number of primary amides is 2. The molecule has 27 heteroatoms. The zero-order chi connectivity index (χ0) is 61.0. The molecule has 2 aliphatic rings. The van der Waals surface area contributed by atoms with Gasteiger partial charge in [0.15, 0.2) is 0 Å². The second-order valence-electron chi connectivity index (χ2n) is 21.9. The molecule has 2 aromatic heterocycles. The van der Waals surface area contributed by atoms with Crippen LogP contribution in [0.5, 0.6) is 0 Å². The molecule has 0 bridgehead atoms. The standard InChI is InChI=1S/C57H79N15O11S/c1-31(2)21-44(57(83)72-30-84-28-45(72)49(59)75)70-55(81)43(24-36-26-60-29-64-36)66-47(74)27-63-56(82)48(32(3)4)71-50(76)33(5)65-53(79)42(23-35-25-62-38-16-10-9-15-37(35)38)69-52(78)40(18-19-46(58)73)67-54(80)41(22-34-13-7-6-8-14-34)68-51(77)39-17-11-12-20-61-39/h6-10,13-16,25-26,29,31-33,39-45,48,61-62H,11-12,17-24,27-28,30H2,1-5H3,(H2,58,73)(H2,59,75)(H,60,64)(H,63,82)(H,65,79)(H,66,74)(H,67,80)(H,68,77)(H,69,78)(H,70,81)(H,71,76)/t33-,39-,40-,41+,42-,43-,44-,45-,48-/m0/s1. The zero-order valence-electron chi connectivity index (χ0n) is 47.9. The number of nitrogens with zero attached hydrogens (tertiary/aromatic N) is 2. The van der Waals surface area contributed by atoms with Gasteiger partial charge < -0.3 is 74.2 Å². The van der Waals surface area contributed by atoms with Crippen molar-refractivity contribution in [3.05, 3.63) is 90.1 Å². The van der Waals surface area contributed by atoms with Gasteiger partial charge in [0.05, 0.1) is 30.5 Å². The SMILES string of the molecule is CC(C)C[C@H](NC(=O)[C@H](Cc1c[nH]cn1)NC(=O)CNC(=O)[C@@H](NC(=O)[C@H](C)NC(=O)[C@H](Cc1c[nH]c2ccccc12)NC(=O)[C@H](CCC(N)=O)NC(=O)[C@@H](Cc1ccccc1)NC(=O)[C@@H]1CCCCN1)C(C)C)C(=O)N1CSC[C@H]1C(N)=O. The average molecular weight is 1180 g/mol. The van der Waals surface area contributed by atoms with Crippen molar-refractivity contribution >= 4 is 87.6 Å². The Bertz CT molecular complexity index is 2950. The maximum atomic E-state index is 14.4. The summed E-state index contributed by atoms with van der Waals surface area (Å²) in [4.78, 5) is 161. The van der Waals surface area contributed by atoms with Gasteiger partial charge in [-0.3, -0.25) is 52.7 Å². The Labute approximate surface area is 491 Å². The van der Waals surface area contributed by atoms with E-state index in [4.69, 9.17) is 11.5 Å². The van der Waals surface area contributed by atoms with Crippen molar-refractivity contribution in [2.45, 2.75) is 147 Å². The van der Waals surface area contributed by atoms with Crippen LogP contribution in [0, 0.1) is 11.8 Å². The number of nitrogens with one attached hydrogen (secondary N) is 11. The fourth-order valence-electron chi connectivity index (χ4n) is 9.83. The molecule has 0 radical (unpaired) electrons. The lowest BCUT2D eigenvalue weighted by Gasteiger charge is -2.29. The minimum Gasteiger partial charge on any atom is -0.370 e. The van der Waals surface area contributed by atoms with E-state index in [-0.39, 0.29) is 50.3 Å². The molecule has 4 heterocycles. The average Bonchev–Trinajstić information content (AvgIpc) is 4.09. The monoisotopic (exact) mass is 1180 g/mol. The van der Waals surface area contributed by atoms with Crippen molar-refractivity contribution in [1.29, 1.82) is 0 Å². The van der Waals surface area contributed by atoms with Gasteiger partial charge in [-0.25, -0.2) is 4.98 Å². The quantitative estimate of drug-likeness (QED) is 0.0296. The van der Waals surface area contributed by atoms with E-state index in [9.17, 15) is 52.7 Å². The Balaban J connectivity index is 1.12. The number of piperidine rings is 1. The highest BCUT2D eigenvalue weighted by molar-refractivity contribution is 7.99. The van der Waals surface area contributed by atoms with Gasteiger partial charge in [-0.2, -0.15) is 0 Å². The smallest absolute Gasteiger partial charge is 0.246 e. The Morgan fingerprint density at radius 2 is 1.35 bits per heavy atom. The first-order valence-electron chi connectivity index (χ1n) is 28.2. The van der Waals surface area contributed by atoms with Crippen molar-refractivity contribution < 1.29 is 52.7 Å². The van der Waals surface area contributed by atoms with Crippen LogP contribution in [-0.4, -0.2) is 164 Å². The second-order valence-corrected chi connectivity index (χ2v) is 22.9. The van der Waals surface area contributed by atoms with Crippen molar-refractivity contribution in [2.24, 2.45) is 23.3 Å². The number of fused-ring (bicyclic) bond motifs is 1. The maximum absolute atomic E-state index is 14.4. The first kappa shape index (κ1) is 64.8. The molecule has 15 N–H and O–H groups in total. The third kappa shape index (κ3) is 19.1. The van der Waals surface area contributed by atoms with Crippen LogP contribution in [0.1, 0.15) is 90.0 Å². The number of carbonyl (C=O) groups excluding carboxylic acids is 11. The lowest BCUT2D eigenvalue weighted by Crippen LogP contribution is -2.60. The molecule has 9 atom stereocenters. The molecule has 2 aliphatic heterocycles. The van der Waals surface area contributed by atoms with Gasteiger partial charge in [0.25, 0.3) is 0 Å². The molecular weight excluding hydrogens is 1100 g/mol. The highest BCUT2D eigenvalue weighted by Gasteiger charge is 2.39. The summed E-state index contributed by atoms with van der Waals surface area (Å²) in [6.45, 7) is 8.36. The molecule has 0 aliphatic carbocycles. The number of rotatable bonds is 30. The van der Waals surface area contributed by atoms with Crippen molar-refractivity contribution in [2.75, 3.05) is 24.7 Å². The van der Waals surface area contributed by atoms with Crippen molar-refractivity contribution in [1.82, 2.24) is 67.7 Å². The van der Waals surface area contributed by atoms with Crippen LogP contribution in [0.25, 0.3) is 10.9 Å². The number of aromatic amines is 2. The molecule has 6 rings (SSSR count). The third-order valence-corrected chi connectivity index (χ3v) is 15.5. The van der Waals surface area contributed by atoms with E-state index in [1.165, 1.54) is 36.1 Å². The van der Waals surface area contributed by atoms with E-state index in [1.54, 1.807) is 56.4 Å². The zero-order valence-corrected chi connectivity index (χ0v) is 48.7. The second kappa shape index (κ2) is 31.4. The van der Waals surface area contributed by atoms with E-state index in [1.807, 2.05) is 32.0 Å². The molecule has 84 heavy (non-hydrogen) atoms. The van der Waals surface area contributed by atoms with Gasteiger partial charge in [0.2, 0.25) is 65.0 Å². The molecule has 0 spiro atoms. The number of amides is 11. The number of imidazole rings is 1. The summed E-state index contributed by atoms with van der Waals surface area (Å²) in [5, 5.41) is 25.3. The Morgan fingerprint density at radius 1 is 0.690 bits per heavy atom. The minimum absolute atomic E-state index is 0.0651. The minimum atomic E-state index is -1.44. The van der Waals surface area contributed by atoms with Crippen LogP contribution in [0.15, 0.2) is 73.3 Å². The number of hydrogen-bond donors (Lipinski definition) is 13. The maximum Gasteiger partial charge on any atom is 0.246 e. The Kier molecular flexibility index (Phi) is 24.2. The molecule has 2 saturated heterocycles. The van der Waals surface area contributed by atoms with E-state index >= 15 is 0 Å². The van der Waals surface area contributed by atoms with Crippen LogP contribution in [0.3, 0.4) is 0 Å². The van der Waals surface area contributed by atoms with Gasteiger partial charge in [0, 0.05) is 54.7 Å². The lowest BCUT2D eigenvalue weighted by molar-refractivity contribution is -0.141. The van der Waals surface area contributed by atoms with E-state index in [0.717, 1.165) is 29.3 Å². The molecule has 0 saturated carbocycles. The van der Waals surface area contributed by atoms with E-state index in [0.29, 0.717) is 30.0 Å². The topological polar surface area (TPSA) is 396 Å². The van der Waals surface area contributed by atoms with Crippen LogP contribution in [-0.2, 0) is 72.0 Å². The van der Waals surface area contributed by atoms with Crippen LogP contribution in [0.4, 0.5) is 0 Å². The number of para-hydroxylation sites is 1. The number of hydrogen-bond acceptors (Lipinski definition) is 14. The van der Waals surface area contributed by atoms with E-state index < -0.39 is 132 Å². The summed E-state index contributed by atoms with van der Waals surface area (Å²) < 4.78 is 0. The summed E-state index contributed by atoms with van der Waals surface area (Å²) in [7, 11) is 0. The number of carbonyl (C=O) groups is 11. The largest absolute Gasteiger partial charge is 0.370 e. The first-order chi connectivity index (χ1) is 40.1. The van der Waals surface area contributed by atoms with Gasteiger partial charge >= 0.3 is 0 Å². The number of aromatic nitrogens is 3. The molecule has 4 aromatic rings. The summed E-state index contributed by atoms with van der Waals surface area (Å²) in [6, 6.07) is 5.90. The molecular formula is C57H79N15O11S. The predicted octanol–water partition coefficient (Wildman–Crippen LogP) is -1.05. The summed E-state index contributed by atoms with van der Waals surface area (Å²) in [5.41, 5.74) is 13.6. The molecule has 2 aromatic carbocycles. The Morgan fingerprint density at radius 3 is 2.00 bits per heavy atom. The van der Waals surface area contributed by atoms with Crippen LogP contribution >= 0.6 is 11.8 Å². The van der Waals surface area contributed by atoms with Crippen molar-refractivity contribution in [3.63, 3.8) is 0 Å². The molecule has 2 fully saturated rings. The van der Waals surface area contributed by atoms with Crippen LogP contribution < -0.4 is 59.3 Å². The first-order valence-corrected chi connectivity index (χ1v) is 29.4. The van der Waals surface area contributed by atoms with Gasteiger partial charge in [-0.15, -0.1) is 11.8 Å². The van der Waals surface area contributed by atoms with Gasteiger partial charge in [-0.05, 0) is 68.2 Å². The van der Waals surface area contributed by atoms with Crippen molar-refractivity contribution in [3.8, 4) is 0 Å². The van der Waals surface area contributed by atoms with Crippen LogP contribution in [0.2, 0.25) is 0 Å². The number of nitrogens with two attached hydrogens (primary N) is 2. The number of H-pyrrole nitrogens is 2. The third-order valence-electron chi connectivity index (χ3n) is 14.4. The fourth-order valence-corrected chi connectivity index (χ4v) is 11.0. The molecule has 454 valence electrons. The van der Waals surface area contributed by atoms with Gasteiger partial charge in [0.1, 0.15) is 48.3 Å². The molecule has 11 amide bonds. The number of benzene rings is 2. The summed E-state index contributed by atoms with van der Waals surface area (Å²) in [6.07, 6.45) is 6.31. The molecule has 0 unspecified atom stereocenters. The number of thioether (sulfide) groups is 1. The predicted molar refractivity (Wildman–Crippen MR) is 312 cm³/mol. The molecule has 26 nitrogen and oxygen atoms in total. The highest BCUT2D eigenvalue weighted by Crippen LogP contribution is 2.24.